The molecule has 4 heteroatoms. The van der Waals surface area contributed by atoms with Gasteiger partial charge in [-0.3, -0.25) is 0 Å². The van der Waals surface area contributed by atoms with Crippen molar-refractivity contribution >= 4 is 11.3 Å². The first-order valence-corrected chi connectivity index (χ1v) is 6.06. The van der Waals surface area contributed by atoms with Crippen LogP contribution in [0.2, 0.25) is 0 Å². The van der Waals surface area contributed by atoms with E-state index in [-0.39, 0.29) is 0 Å². The highest BCUT2D eigenvalue weighted by atomic mass is 32.1. The zero-order valence-electron chi connectivity index (χ0n) is 8.62. The van der Waals surface area contributed by atoms with Crippen molar-refractivity contribution in [2.45, 2.75) is 13.3 Å². The van der Waals surface area contributed by atoms with Gasteiger partial charge in [-0.05, 0) is 6.92 Å². The molecule has 0 bridgehead atoms. The normalized spacial score (nSPS) is 18.6. The van der Waals surface area contributed by atoms with Crippen LogP contribution in [0.1, 0.15) is 10.7 Å². The number of nitrogens with zero attached hydrogens (tertiary/aromatic N) is 2. The van der Waals surface area contributed by atoms with Crippen LogP contribution < -0.4 is 5.32 Å². The van der Waals surface area contributed by atoms with E-state index in [0.717, 1.165) is 31.7 Å². The molecule has 0 amide bonds. The lowest BCUT2D eigenvalue weighted by atomic mass is 10.3. The Bertz CT molecular complexity index is 279. The smallest absolute Gasteiger partial charge is 0.0940 e. The third-order valence-electron chi connectivity index (χ3n) is 2.52. The van der Waals surface area contributed by atoms with Crippen molar-refractivity contribution in [3.63, 3.8) is 0 Å². The van der Waals surface area contributed by atoms with Gasteiger partial charge in [0.1, 0.15) is 0 Å². The Kier molecular flexibility index (Phi) is 3.50. The number of rotatable bonds is 3. The molecule has 1 aliphatic rings. The summed E-state index contributed by atoms with van der Waals surface area (Å²) in [7, 11) is 0. The van der Waals surface area contributed by atoms with Gasteiger partial charge >= 0.3 is 0 Å². The number of aryl methyl sites for hydroxylation is 1. The Morgan fingerprint density at radius 1 is 1.50 bits per heavy atom. The van der Waals surface area contributed by atoms with E-state index in [0.29, 0.717) is 0 Å². The molecule has 0 unspecified atom stereocenters. The summed E-state index contributed by atoms with van der Waals surface area (Å²) in [6.45, 7) is 7.86. The first-order valence-electron chi connectivity index (χ1n) is 5.19. The molecule has 0 aromatic carbocycles. The quantitative estimate of drug-likeness (QED) is 0.805. The molecule has 0 aliphatic carbocycles. The second-order valence-electron chi connectivity index (χ2n) is 3.72. The van der Waals surface area contributed by atoms with Gasteiger partial charge < -0.3 is 10.2 Å². The number of piperazine rings is 1. The molecule has 1 aromatic rings. The summed E-state index contributed by atoms with van der Waals surface area (Å²) >= 11 is 1.78. The molecule has 1 fully saturated rings. The minimum absolute atomic E-state index is 1.11. The van der Waals surface area contributed by atoms with Gasteiger partial charge in [-0.2, -0.15) is 0 Å². The maximum Gasteiger partial charge on any atom is 0.0940 e. The first kappa shape index (κ1) is 10.1. The van der Waals surface area contributed by atoms with Gasteiger partial charge in [-0.1, -0.05) is 0 Å². The van der Waals surface area contributed by atoms with Crippen LogP contribution in [0.5, 0.6) is 0 Å². The summed E-state index contributed by atoms with van der Waals surface area (Å²) in [5.41, 5.74) is 1.16. The Balaban J connectivity index is 1.76. The summed E-state index contributed by atoms with van der Waals surface area (Å²) in [6.07, 6.45) is 1.11. The van der Waals surface area contributed by atoms with Gasteiger partial charge in [0, 0.05) is 50.2 Å². The minimum atomic E-state index is 1.11. The Morgan fingerprint density at radius 2 is 2.29 bits per heavy atom. The molecule has 0 radical (unpaired) electrons. The molecule has 0 spiro atoms. The van der Waals surface area contributed by atoms with E-state index < -0.39 is 0 Å². The summed E-state index contributed by atoms with van der Waals surface area (Å²) in [5.74, 6) is 0. The highest BCUT2D eigenvalue weighted by molar-refractivity contribution is 7.09. The number of aromatic nitrogens is 1. The van der Waals surface area contributed by atoms with E-state index in [1.165, 1.54) is 18.1 Å². The lowest BCUT2D eigenvalue weighted by molar-refractivity contribution is 0.244. The molecular weight excluding hydrogens is 194 g/mol. The van der Waals surface area contributed by atoms with Crippen LogP contribution in [0.4, 0.5) is 0 Å². The Morgan fingerprint density at radius 3 is 2.93 bits per heavy atom. The third kappa shape index (κ3) is 2.77. The predicted molar refractivity (Wildman–Crippen MR) is 59.9 cm³/mol. The van der Waals surface area contributed by atoms with Gasteiger partial charge in [0.15, 0.2) is 0 Å². The van der Waals surface area contributed by atoms with Crippen molar-refractivity contribution in [3.05, 3.63) is 16.1 Å². The number of hydrogen-bond acceptors (Lipinski definition) is 4. The van der Waals surface area contributed by atoms with E-state index in [1.807, 2.05) is 0 Å². The van der Waals surface area contributed by atoms with Crippen LogP contribution in [0.25, 0.3) is 0 Å². The standard InChI is InChI=1S/C10H17N3S/c1-9-8-14-10(12-9)2-5-13-6-3-11-4-7-13/h8,11H,2-7H2,1H3. The minimum Gasteiger partial charge on any atom is -0.314 e. The lowest BCUT2D eigenvalue weighted by Gasteiger charge is -2.26. The monoisotopic (exact) mass is 211 g/mol. The molecule has 0 atom stereocenters. The average Bonchev–Trinajstić information content (AvgIpc) is 2.63. The zero-order chi connectivity index (χ0) is 9.80. The van der Waals surface area contributed by atoms with Crippen molar-refractivity contribution in [2.24, 2.45) is 0 Å². The van der Waals surface area contributed by atoms with Crippen molar-refractivity contribution in [1.82, 2.24) is 15.2 Å². The van der Waals surface area contributed by atoms with Crippen LogP contribution >= 0.6 is 11.3 Å². The molecule has 1 aromatic heterocycles. The van der Waals surface area contributed by atoms with Crippen LogP contribution in [-0.2, 0) is 6.42 Å². The predicted octanol–water partition coefficient (Wildman–Crippen LogP) is 0.899. The second kappa shape index (κ2) is 4.87. The lowest BCUT2D eigenvalue weighted by Crippen LogP contribution is -2.44. The Hall–Kier alpha value is -0.450. The van der Waals surface area contributed by atoms with Crippen molar-refractivity contribution in [3.8, 4) is 0 Å². The molecule has 1 N–H and O–H groups in total. The Labute approximate surface area is 89.1 Å². The summed E-state index contributed by atoms with van der Waals surface area (Å²) in [6, 6.07) is 0. The number of nitrogens with one attached hydrogen (secondary N) is 1. The SMILES string of the molecule is Cc1csc(CCN2CCNCC2)n1. The zero-order valence-corrected chi connectivity index (χ0v) is 9.44. The van der Waals surface area contributed by atoms with Gasteiger partial charge in [-0.15, -0.1) is 11.3 Å². The highest BCUT2D eigenvalue weighted by Crippen LogP contribution is 2.09. The summed E-state index contributed by atoms with van der Waals surface area (Å²) < 4.78 is 0. The summed E-state index contributed by atoms with van der Waals surface area (Å²) in [4.78, 5) is 6.98. The van der Waals surface area contributed by atoms with Crippen molar-refractivity contribution in [1.29, 1.82) is 0 Å². The van der Waals surface area contributed by atoms with E-state index >= 15 is 0 Å². The fraction of sp³-hybridized carbons (Fsp3) is 0.700. The van der Waals surface area contributed by atoms with Crippen LogP contribution in [-0.4, -0.2) is 42.6 Å². The van der Waals surface area contributed by atoms with Crippen LogP contribution in [0, 0.1) is 6.92 Å². The number of thiazole rings is 1. The van der Waals surface area contributed by atoms with Gasteiger partial charge in [-0.25, -0.2) is 4.98 Å². The molecule has 1 saturated heterocycles. The maximum absolute atomic E-state index is 4.47. The molecule has 0 saturated carbocycles. The van der Waals surface area contributed by atoms with Crippen LogP contribution in [0.3, 0.4) is 0 Å². The second-order valence-corrected chi connectivity index (χ2v) is 4.67. The van der Waals surface area contributed by atoms with Crippen molar-refractivity contribution in [2.75, 3.05) is 32.7 Å². The van der Waals surface area contributed by atoms with E-state index in [1.54, 1.807) is 11.3 Å². The van der Waals surface area contributed by atoms with E-state index in [4.69, 9.17) is 0 Å². The topological polar surface area (TPSA) is 28.2 Å². The van der Waals surface area contributed by atoms with Gasteiger partial charge in [0.25, 0.3) is 0 Å². The van der Waals surface area contributed by atoms with E-state index in [9.17, 15) is 0 Å². The largest absolute Gasteiger partial charge is 0.314 e. The van der Waals surface area contributed by atoms with Crippen molar-refractivity contribution < 1.29 is 0 Å². The molecular formula is C10H17N3S. The third-order valence-corrected chi connectivity index (χ3v) is 3.54. The molecule has 3 nitrogen and oxygen atoms in total. The molecule has 2 rings (SSSR count). The fourth-order valence-corrected chi connectivity index (χ4v) is 2.47. The van der Waals surface area contributed by atoms with E-state index in [2.05, 4.69) is 27.5 Å². The fourth-order valence-electron chi connectivity index (χ4n) is 1.71. The molecule has 1 aliphatic heterocycles. The average molecular weight is 211 g/mol. The van der Waals surface area contributed by atoms with Gasteiger partial charge in [0.05, 0.1) is 5.01 Å². The van der Waals surface area contributed by atoms with Crippen LogP contribution in [0.15, 0.2) is 5.38 Å². The maximum atomic E-state index is 4.47. The molecule has 78 valence electrons. The number of hydrogen-bond donors (Lipinski definition) is 1. The molecule has 2 heterocycles. The highest BCUT2D eigenvalue weighted by Gasteiger charge is 2.09. The van der Waals surface area contributed by atoms with Gasteiger partial charge in [0.2, 0.25) is 0 Å². The molecule has 14 heavy (non-hydrogen) atoms. The summed E-state index contributed by atoms with van der Waals surface area (Å²) in [5, 5.41) is 6.77. The first-order chi connectivity index (χ1) is 6.84.